The third-order valence-electron chi connectivity index (χ3n) is 1.42. The molecule has 0 aromatic rings. The lowest BCUT2D eigenvalue weighted by Crippen LogP contribution is -2.11. The van der Waals surface area contributed by atoms with Crippen LogP contribution in [0, 0.1) is 5.92 Å². The van der Waals surface area contributed by atoms with Crippen molar-refractivity contribution in [2.75, 3.05) is 0 Å². The van der Waals surface area contributed by atoms with E-state index in [-0.39, 0.29) is 11.2 Å². The predicted octanol–water partition coefficient (Wildman–Crippen LogP) is 1.59. The first-order chi connectivity index (χ1) is 3.72. The number of hydrogen-bond acceptors (Lipinski definition) is 1. The molecule has 0 aromatic heterocycles. The summed E-state index contributed by atoms with van der Waals surface area (Å²) in [6, 6.07) is 0. The second-order valence-corrected chi connectivity index (χ2v) is 2.82. The topological polar surface area (TPSA) is 17.1 Å². The Morgan fingerprint density at radius 3 is 2.38 bits per heavy atom. The Labute approximate surface area is 54.0 Å². The molecule has 0 spiro atoms. The van der Waals surface area contributed by atoms with Crippen molar-refractivity contribution in [1.29, 1.82) is 0 Å². The normalized spacial score (nSPS) is 22.8. The molecule has 1 aliphatic rings. The minimum Gasteiger partial charge on any atom is -0.298 e. The molecule has 2 heteroatoms. The molecule has 1 aliphatic carbocycles. The average molecular weight is 133 g/mol. The summed E-state index contributed by atoms with van der Waals surface area (Å²) in [7, 11) is 0. The Morgan fingerprint density at radius 1 is 1.75 bits per heavy atom. The fourth-order valence-corrected chi connectivity index (χ4v) is 0.973. The number of halogens is 1. The molecular formula is C6H9ClO. The van der Waals surface area contributed by atoms with Gasteiger partial charge in [-0.05, 0) is 25.7 Å². The van der Waals surface area contributed by atoms with Gasteiger partial charge in [0.15, 0.2) is 0 Å². The first-order valence-corrected chi connectivity index (χ1v) is 3.30. The van der Waals surface area contributed by atoms with Gasteiger partial charge in [-0.1, -0.05) is 0 Å². The van der Waals surface area contributed by atoms with Crippen LogP contribution in [0.25, 0.3) is 0 Å². The van der Waals surface area contributed by atoms with Crippen molar-refractivity contribution in [3.63, 3.8) is 0 Å². The van der Waals surface area contributed by atoms with E-state index >= 15 is 0 Å². The van der Waals surface area contributed by atoms with Crippen LogP contribution in [0.2, 0.25) is 0 Å². The van der Waals surface area contributed by atoms with E-state index in [0.29, 0.717) is 5.92 Å². The van der Waals surface area contributed by atoms with Crippen molar-refractivity contribution in [1.82, 2.24) is 0 Å². The van der Waals surface area contributed by atoms with Crippen LogP contribution < -0.4 is 0 Å². The molecule has 1 atom stereocenters. The Bertz CT molecular complexity index is 107. The zero-order valence-corrected chi connectivity index (χ0v) is 5.61. The molecule has 0 N–H and O–H groups in total. The third kappa shape index (κ3) is 1.22. The van der Waals surface area contributed by atoms with Gasteiger partial charge in [-0.15, -0.1) is 11.6 Å². The van der Waals surface area contributed by atoms with Crippen LogP contribution in [0.1, 0.15) is 19.8 Å². The quantitative estimate of drug-likeness (QED) is 0.522. The number of carbonyl (C=O) groups is 1. The van der Waals surface area contributed by atoms with Gasteiger partial charge in [-0.3, -0.25) is 4.79 Å². The lowest BCUT2D eigenvalue weighted by molar-refractivity contribution is -0.117. The summed E-state index contributed by atoms with van der Waals surface area (Å²) in [5, 5.41) is -0.185. The maximum Gasteiger partial charge on any atom is 0.147 e. The smallest absolute Gasteiger partial charge is 0.147 e. The van der Waals surface area contributed by atoms with Crippen LogP contribution in [0.5, 0.6) is 0 Å². The van der Waals surface area contributed by atoms with Crippen molar-refractivity contribution < 1.29 is 4.79 Å². The zero-order chi connectivity index (χ0) is 6.15. The van der Waals surface area contributed by atoms with Gasteiger partial charge in [0.1, 0.15) is 5.78 Å². The van der Waals surface area contributed by atoms with Crippen LogP contribution in [0.15, 0.2) is 0 Å². The second kappa shape index (κ2) is 2.06. The highest BCUT2D eigenvalue weighted by Gasteiger charge is 2.32. The Hall–Kier alpha value is -0.0400. The number of hydrogen-bond donors (Lipinski definition) is 0. The highest BCUT2D eigenvalue weighted by atomic mass is 35.5. The van der Waals surface area contributed by atoms with Gasteiger partial charge < -0.3 is 0 Å². The average Bonchev–Trinajstić information content (AvgIpc) is 2.43. The summed E-state index contributed by atoms with van der Waals surface area (Å²) in [5.41, 5.74) is 0. The van der Waals surface area contributed by atoms with E-state index in [4.69, 9.17) is 11.6 Å². The first kappa shape index (κ1) is 6.09. The molecule has 1 nitrogen and oxygen atoms in total. The molecule has 0 amide bonds. The van der Waals surface area contributed by atoms with E-state index in [1.54, 1.807) is 6.92 Å². The van der Waals surface area contributed by atoms with E-state index < -0.39 is 0 Å². The number of Topliss-reactive ketones (excluding diaryl/α,β-unsaturated/α-hetero) is 1. The molecule has 0 aromatic carbocycles. The maximum absolute atomic E-state index is 10.5. The van der Waals surface area contributed by atoms with Crippen molar-refractivity contribution in [2.45, 2.75) is 25.1 Å². The predicted molar refractivity (Wildman–Crippen MR) is 33.0 cm³/mol. The van der Waals surface area contributed by atoms with Gasteiger partial charge in [0.2, 0.25) is 0 Å². The monoisotopic (exact) mass is 132 g/mol. The highest BCUT2D eigenvalue weighted by molar-refractivity contribution is 6.31. The molecule has 1 fully saturated rings. The summed E-state index contributed by atoms with van der Waals surface area (Å²) >= 11 is 5.66. The summed E-state index contributed by atoms with van der Waals surface area (Å²) in [6.45, 7) is 1.55. The molecule has 1 unspecified atom stereocenters. The van der Waals surface area contributed by atoms with Crippen LogP contribution >= 0.6 is 11.6 Å². The fourth-order valence-electron chi connectivity index (χ4n) is 0.721. The molecule has 0 radical (unpaired) electrons. The largest absolute Gasteiger partial charge is 0.298 e. The van der Waals surface area contributed by atoms with Crippen molar-refractivity contribution in [2.24, 2.45) is 5.92 Å². The molecule has 8 heavy (non-hydrogen) atoms. The molecule has 46 valence electrons. The number of ketones is 1. The number of carbonyl (C=O) groups excluding carboxylic acids is 1. The highest BCUT2D eigenvalue weighted by Crippen LogP contribution is 2.35. The zero-order valence-electron chi connectivity index (χ0n) is 4.86. The minimum absolute atomic E-state index is 0.120. The van der Waals surface area contributed by atoms with Crippen LogP contribution in [0.3, 0.4) is 0 Å². The van der Waals surface area contributed by atoms with Gasteiger partial charge in [-0.2, -0.15) is 0 Å². The summed E-state index contributed by atoms with van der Waals surface area (Å²) in [4.78, 5) is 10.5. The van der Waals surface area contributed by atoms with Crippen molar-refractivity contribution in [3.8, 4) is 0 Å². The molecule has 0 aliphatic heterocycles. The lowest BCUT2D eigenvalue weighted by Gasteiger charge is -1.98. The summed E-state index contributed by atoms with van der Waals surface area (Å²) < 4.78 is 0. The van der Waals surface area contributed by atoms with Crippen LogP contribution in [-0.4, -0.2) is 11.2 Å². The fraction of sp³-hybridized carbons (Fsp3) is 0.833. The second-order valence-electron chi connectivity index (χ2n) is 2.35. The summed E-state index contributed by atoms with van der Waals surface area (Å²) in [5.74, 6) is 0.628. The standard InChI is InChI=1S/C6H9ClO/c1-4(8)6(7)5-2-3-5/h5-6H,2-3H2,1H3. The summed E-state index contributed by atoms with van der Waals surface area (Å²) in [6.07, 6.45) is 2.29. The number of rotatable bonds is 2. The van der Waals surface area contributed by atoms with E-state index in [0.717, 1.165) is 12.8 Å². The molecule has 0 heterocycles. The number of alkyl halides is 1. The molecule has 0 bridgehead atoms. The Balaban J connectivity index is 2.32. The third-order valence-corrected chi connectivity index (χ3v) is 2.09. The molecular weight excluding hydrogens is 124 g/mol. The van der Waals surface area contributed by atoms with Gasteiger partial charge in [0, 0.05) is 0 Å². The van der Waals surface area contributed by atoms with Gasteiger partial charge in [-0.25, -0.2) is 0 Å². The molecule has 1 rings (SSSR count). The van der Waals surface area contributed by atoms with Crippen LogP contribution in [-0.2, 0) is 4.79 Å². The lowest BCUT2D eigenvalue weighted by atomic mass is 10.2. The van der Waals surface area contributed by atoms with Crippen LogP contribution in [0.4, 0.5) is 0 Å². The molecule has 1 saturated carbocycles. The Morgan fingerprint density at radius 2 is 2.25 bits per heavy atom. The van der Waals surface area contributed by atoms with E-state index in [9.17, 15) is 4.79 Å². The maximum atomic E-state index is 10.5. The van der Waals surface area contributed by atoms with Gasteiger partial charge >= 0.3 is 0 Å². The van der Waals surface area contributed by atoms with Crippen molar-refractivity contribution in [3.05, 3.63) is 0 Å². The van der Waals surface area contributed by atoms with Crippen molar-refractivity contribution >= 4 is 17.4 Å². The van der Waals surface area contributed by atoms with E-state index in [1.165, 1.54) is 0 Å². The Kier molecular flexibility index (Phi) is 1.57. The first-order valence-electron chi connectivity index (χ1n) is 2.86. The minimum atomic E-state index is -0.185. The SMILES string of the molecule is CC(=O)C(Cl)C1CC1. The van der Waals surface area contributed by atoms with Gasteiger partial charge in [0.05, 0.1) is 5.38 Å². The van der Waals surface area contributed by atoms with E-state index in [2.05, 4.69) is 0 Å². The van der Waals surface area contributed by atoms with Gasteiger partial charge in [0.25, 0.3) is 0 Å². The van der Waals surface area contributed by atoms with E-state index in [1.807, 2.05) is 0 Å². The molecule has 0 saturated heterocycles.